The van der Waals surface area contributed by atoms with Crippen molar-refractivity contribution in [2.45, 2.75) is 19.6 Å². The molecule has 0 aliphatic carbocycles. The second-order valence-electron chi connectivity index (χ2n) is 3.33. The van der Waals surface area contributed by atoms with Gasteiger partial charge in [0, 0.05) is 17.9 Å². The molecule has 0 saturated heterocycles. The van der Waals surface area contributed by atoms with Gasteiger partial charge in [-0.3, -0.25) is 4.79 Å². The topological polar surface area (TPSA) is 101 Å². The number of carbonyl (C=O) groups is 1. The van der Waals surface area contributed by atoms with Crippen molar-refractivity contribution in [1.82, 2.24) is 0 Å². The van der Waals surface area contributed by atoms with Gasteiger partial charge in [-0.25, -0.2) is 0 Å². The number of anilines is 2. The lowest BCUT2D eigenvalue weighted by Crippen LogP contribution is -2.24. The Balaban J connectivity index is 2.85. The number of benzene rings is 1. The third-order valence-electron chi connectivity index (χ3n) is 1.90. The number of aliphatic hydroxyl groups is 1. The Kier molecular flexibility index (Phi) is 3.65. The molecule has 15 heavy (non-hydrogen) atoms. The van der Waals surface area contributed by atoms with Crippen molar-refractivity contribution in [3.05, 3.63) is 23.8 Å². The molecule has 6 N–H and O–H groups in total. The van der Waals surface area contributed by atoms with Crippen LogP contribution in [0.4, 0.5) is 11.4 Å². The van der Waals surface area contributed by atoms with Crippen molar-refractivity contribution < 1.29 is 9.90 Å². The SMILES string of the molecule is CC(O)C(=O)Nc1cc(N)cc(CN)c1. The summed E-state index contributed by atoms with van der Waals surface area (Å²) < 4.78 is 0. The number of nitrogens with one attached hydrogen (secondary N) is 1. The summed E-state index contributed by atoms with van der Waals surface area (Å²) >= 11 is 0. The summed E-state index contributed by atoms with van der Waals surface area (Å²) in [6.45, 7) is 1.74. The van der Waals surface area contributed by atoms with Gasteiger partial charge in [0.2, 0.25) is 0 Å². The van der Waals surface area contributed by atoms with Crippen LogP contribution in [0.3, 0.4) is 0 Å². The van der Waals surface area contributed by atoms with Gasteiger partial charge in [0.05, 0.1) is 0 Å². The van der Waals surface area contributed by atoms with E-state index in [1.165, 1.54) is 6.92 Å². The first kappa shape index (κ1) is 11.5. The fourth-order valence-electron chi connectivity index (χ4n) is 1.16. The highest BCUT2D eigenvalue weighted by atomic mass is 16.3. The van der Waals surface area contributed by atoms with E-state index in [9.17, 15) is 4.79 Å². The first-order valence-electron chi connectivity index (χ1n) is 4.61. The number of carbonyl (C=O) groups excluding carboxylic acids is 1. The van der Waals surface area contributed by atoms with E-state index in [0.717, 1.165) is 5.56 Å². The van der Waals surface area contributed by atoms with Gasteiger partial charge >= 0.3 is 0 Å². The van der Waals surface area contributed by atoms with Gasteiger partial charge in [-0.2, -0.15) is 0 Å². The quantitative estimate of drug-likeness (QED) is 0.528. The smallest absolute Gasteiger partial charge is 0.252 e. The zero-order valence-electron chi connectivity index (χ0n) is 8.53. The second kappa shape index (κ2) is 4.77. The predicted molar refractivity (Wildman–Crippen MR) is 59.1 cm³/mol. The summed E-state index contributed by atoms with van der Waals surface area (Å²) in [4.78, 5) is 11.2. The fraction of sp³-hybridized carbons (Fsp3) is 0.300. The maximum absolute atomic E-state index is 11.2. The molecule has 0 saturated carbocycles. The zero-order chi connectivity index (χ0) is 11.4. The van der Waals surface area contributed by atoms with Crippen LogP contribution in [0.1, 0.15) is 12.5 Å². The minimum absolute atomic E-state index is 0.350. The third-order valence-corrected chi connectivity index (χ3v) is 1.90. The molecule has 1 amide bonds. The highest BCUT2D eigenvalue weighted by molar-refractivity contribution is 5.94. The van der Waals surface area contributed by atoms with Crippen LogP contribution in [0.5, 0.6) is 0 Å². The largest absolute Gasteiger partial charge is 0.399 e. The van der Waals surface area contributed by atoms with Crippen molar-refractivity contribution in [2.24, 2.45) is 5.73 Å². The molecule has 1 rings (SSSR count). The maximum Gasteiger partial charge on any atom is 0.252 e. The van der Waals surface area contributed by atoms with Crippen LogP contribution in [-0.4, -0.2) is 17.1 Å². The van der Waals surface area contributed by atoms with Gasteiger partial charge in [-0.15, -0.1) is 0 Å². The first-order valence-corrected chi connectivity index (χ1v) is 4.61. The van der Waals surface area contributed by atoms with Crippen molar-refractivity contribution in [2.75, 3.05) is 11.1 Å². The van der Waals surface area contributed by atoms with Crippen LogP contribution in [0, 0.1) is 0 Å². The Hall–Kier alpha value is -1.59. The van der Waals surface area contributed by atoms with E-state index in [1.807, 2.05) is 0 Å². The Morgan fingerprint density at radius 2 is 2.20 bits per heavy atom. The van der Waals surface area contributed by atoms with Gasteiger partial charge in [0.1, 0.15) is 6.10 Å². The second-order valence-corrected chi connectivity index (χ2v) is 3.33. The molecule has 1 unspecified atom stereocenters. The van der Waals surface area contributed by atoms with Gasteiger partial charge in [0.25, 0.3) is 5.91 Å². The average Bonchev–Trinajstić information content (AvgIpc) is 2.16. The Morgan fingerprint density at radius 1 is 1.53 bits per heavy atom. The van der Waals surface area contributed by atoms with E-state index >= 15 is 0 Å². The molecule has 0 spiro atoms. The van der Waals surface area contributed by atoms with Crippen molar-refractivity contribution in [3.63, 3.8) is 0 Å². The van der Waals surface area contributed by atoms with Crippen LogP contribution in [-0.2, 0) is 11.3 Å². The molecular weight excluding hydrogens is 194 g/mol. The average molecular weight is 209 g/mol. The number of aliphatic hydroxyl groups excluding tert-OH is 1. The van der Waals surface area contributed by atoms with Gasteiger partial charge in [-0.05, 0) is 30.7 Å². The predicted octanol–water partition coefficient (Wildman–Crippen LogP) is 0.0468. The molecule has 1 aromatic carbocycles. The van der Waals surface area contributed by atoms with Crippen LogP contribution in [0.25, 0.3) is 0 Å². The minimum atomic E-state index is -1.05. The molecule has 0 fully saturated rings. The van der Waals surface area contributed by atoms with E-state index in [2.05, 4.69) is 5.32 Å². The standard InChI is InChI=1S/C10H15N3O2/c1-6(14)10(15)13-9-3-7(5-11)2-8(12)4-9/h2-4,6,14H,5,11-12H2,1H3,(H,13,15). The van der Waals surface area contributed by atoms with Crippen LogP contribution >= 0.6 is 0 Å². The summed E-state index contributed by atoms with van der Waals surface area (Å²) in [7, 11) is 0. The number of amides is 1. The van der Waals surface area contributed by atoms with Crippen molar-refractivity contribution >= 4 is 17.3 Å². The number of nitrogens with two attached hydrogens (primary N) is 2. The molecule has 0 aliphatic rings. The van der Waals surface area contributed by atoms with E-state index in [0.29, 0.717) is 17.9 Å². The lowest BCUT2D eigenvalue weighted by molar-refractivity contribution is -0.123. The number of hydrogen-bond donors (Lipinski definition) is 4. The van der Waals surface area contributed by atoms with E-state index in [-0.39, 0.29) is 0 Å². The first-order chi connectivity index (χ1) is 7.02. The van der Waals surface area contributed by atoms with Gasteiger partial charge < -0.3 is 21.9 Å². The Labute approximate surface area is 88.1 Å². The van der Waals surface area contributed by atoms with Crippen molar-refractivity contribution in [1.29, 1.82) is 0 Å². The molecule has 5 nitrogen and oxygen atoms in total. The fourth-order valence-corrected chi connectivity index (χ4v) is 1.16. The number of rotatable bonds is 3. The van der Waals surface area contributed by atoms with Crippen LogP contribution in [0.2, 0.25) is 0 Å². The summed E-state index contributed by atoms with van der Waals surface area (Å²) in [5.41, 5.74) is 13.0. The molecule has 5 heteroatoms. The monoisotopic (exact) mass is 209 g/mol. The van der Waals surface area contributed by atoms with E-state index < -0.39 is 12.0 Å². The van der Waals surface area contributed by atoms with Gasteiger partial charge in [-0.1, -0.05) is 0 Å². The molecule has 0 heterocycles. The normalized spacial score (nSPS) is 12.2. The minimum Gasteiger partial charge on any atom is -0.399 e. The van der Waals surface area contributed by atoms with Crippen LogP contribution < -0.4 is 16.8 Å². The molecule has 0 bridgehead atoms. The molecule has 1 aromatic rings. The zero-order valence-corrected chi connectivity index (χ0v) is 8.53. The van der Waals surface area contributed by atoms with Gasteiger partial charge in [0.15, 0.2) is 0 Å². The highest BCUT2D eigenvalue weighted by Crippen LogP contribution is 2.16. The molecule has 1 atom stereocenters. The molecule has 0 aromatic heterocycles. The highest BCUT2D eigenvalue weighted by Gasteiger charge is 2.09. The summed E-state index contributed by atoms with van der Waals surface area (Å²) in [5.74, 6) is -0.469. The van der Waals surface area contributed by atoms with Crippen LogP contribution in [0.15, 0.2) is 18.2 Å². The number of hydrogen-bond acceptors (Lipinski definition) is 4. The van der Waals surface area contributed by atoms with Crippen molar-refractivity contribution in [3.8, 4) is 0 Å². The van der Waals surface area contributed by atoms with E-state index in [4.69, 9.17) is 16.6 Å². The van der Waals surface area contributed by atoms with E-state index in [1.54, 1.807) is 18.2 Å². The maximum atomic E-state index is 11.2. The Morgan fingerprint density at radius 3 is 2.73 bits per heavy atom. The molecule has 82 valence electrons. The molecule has 0 radical (unpaired) electrons. The lowest BCUT2D eigenvalue weighted by atomic mass is 10.1. The summed E-state index contributed by atoms with van der Waals surface area (Å²) in [6, 6.07) is 5.06. The Bertz CT molecular complexity index is 364. The third kappa shape index (κ3) is 3.23. The number of nitrogen functional groups attached to an aromatic ring is 1. The lowest BCUT2D eigenvalue weighted by Gasteiger charge is -2.09. The molecular formula is C10H15N3O2. The summed E-state index contributed by atoms with van der Waals surface area (Å²) in [5, 5.41) is 11.5. The molecule has 0 aliphatic heterocycles. The summed E-state index contributed by atoms with van der Waals surface area (Å²) in [6.07, 6.45) is -1.05.